The molecular formula is C64H42F9N3. The Kier molecular flexibility index (Phi) is 12.3. The molecule has 0 saturated heterocycles. The third kappa shape index (κ3) is 9.40. The molecule has 2 heterocycles. The molecule has 11 aromatic rings. The predicted octanol–water partition coefficient (Wildman–Crippen LogP) is 19.2. The number of aryl methyl sites for hydroxylation is 3. The molecule has 0 amide bonds. The van der Waals surface area contributed by atoms with Gasteiger partial charge in [-0.15, -0.1) is 0 Å². The first-order valence-corrected chi connectivity index (χ1v) is 24.2. The highest BCUT2D eigenvalue weighted by Gasteiger charge is 2.35. The summed E-state index contributed by atoms with van der Waals surface area (Å²) in [6, 6.07) is 55.6. The van der Waals surface area contributed by atoms with E-state index in [1.807, 2.05) is 127 Å². The van der Waals surface area contributed by atoms with Gasteiger partial charge in [-0.05, 0) is 133 Å². The first-order valence-electron chi connectivity index (χ1n) is 24.2. The van der Waals surface area contributed by atoms with E-state index in [-0.39, 0.29) is 11.1 Å². The molecule has 0 saturated carbocycles. The molecule has 0 bridgehead atoms. The zero-order valence-corrected chi connectivity index (χ0v) is 40.8. The van der Waals surface area contributed by atoms with Crippen LogP contribution < -0.4 is 0 Å². The van der Waals surface area contributed by atoms with Crippen molar-refractivity contribution in [3.63, 3.8) is 0 Å². The number of nitrogens with zero attached hydrogens (tertiary/aromatic N) is 3. The van der Waals surface area contributed by atoms with Gasteiger partial charge in [-0.25, -0.2) is 9.97 Å². The maximum Gasteiger partial charge on any atom is 0.417 e. The van der Waals surface area contributed by atoms with Gasteiger partial charge in [0.05, 0.1) is 44.8 Å². The second kappa shape index (κ2) is 18.9. The number of rotatable bonds is 8. The second-order valence-corrected chi connectivity index (χ2v) is 18.9. The van der Waals surface area contributed by atoms with Crippen molar-refractivity contribution >= 4 is 21.8 Å². The average Bonchev–Trinajstić information content (AvgIpc) is 3.76. The van der Waals surface area contributed by atoms with E-state index in [0.29, 0.717) is 89.2 Å². The summed E-state index contributed by atoms with van der Waals surface area (Å²) in [6.07, 6.45) is -13.9. The molecule has 0 unspecified atom stereocenters. The summed E-state index contributed by atoms with van der Waals surface area (Å²) in [4.78, 5) is 10.1. The van der Waals surface area contributed by atoms with Crippen LogP contribution in [-0.4, -0.2) is 14.5 Å². The van der Waals surface area contributed by atoms with Gasteiger partial charge in [-0.1, -0.05) is 139 Å². The van der Waals surface area contributed by atoms with Crippen molar-refractivity contribution in [2.24, 2.45) is 0 Å². The van der Waals surface area contributed by atoms with E-state index in [0.717, 1.165) is 52.6 Å². The van der Waals surface area contributed by atoms with Gasteiger partial charge in [0.25, 0.3) is 0 Å². The Balaban J connectivity index is 1.26. The van der Waals surface area contributed by atoms with Crippen molar-refractivity contribution in [2.45, 2.75) is 39.3 Å². The maximum absolute atomic E-state index is 14.8. The highest BCUT2D eigenvalue weighted by Crippen LogP contribution is 2.47. The lowest BCUT2D eigenvalue weighted by molar-refractivity contribution is -0.138. The van der Waals surface area contributed by atoms with Crippen LogP contribution in [0.4, 0.5) is 39.5 Å². The van der Waals surface area contributed by atoms with Crippen LogP contribution in [0.3, 0.4) is 0 Å². The van der Waals surface area contributed by atoms with Crippen LogP contribution in [0, 0.1) is 20.8 Å². The van der Waals surface area contributed by atoms with E-state index < -0.39 is 35.2 Å². The van der Waals surface area contributed by atoms with Crippen molar-refractivity contribution in [2.75, 3.05) is 0 Å². The van der Waals surface area contributed by atoms with E-state index in [1.54, 1.807) is 44.2 Å². The SMILES string of the molecule is Cc1ccc(-c2cc(-c3cc(-c4ccccc4)nc(-c4ccccc4)n3)cc(-c3ccc(C(F)(F)F)cc3)c2-n2c3ccc(-c4ccc(C(F)(F)F)cc4C)cc3c3cc(-c4ccc(C)cc4C(F)(F)F)ccc32)cc1. The smallest absolute Gasteiger partial charge is 0.308 e. The summed E-state index contributed by atoms with van der Waals surface area (Å²) in [5, 5.41) is 1.07. The summed E-state index contributed by atoms with van der Waals surface area (Å²) in [5.74, 6) is 0.438. The first kappa shape index (κ1) is 49.4. The maximum atomic E-state index is 14.8. The number of halogens is 9. The van der Waals surface area contributed by atoms with Crippen molar-refractivity contribution in [3.8, 4) is 84.1 Å². The standard InChI is InChI=1S/C64H42F9N3/c1-37-14-17-40(18-15-37)51-34-46(57-36-56(42-10-6-4-7-11-42)74-61(75-57)43-12-8-5-9-13-43)35-52(41-19-23-47(24-20-41)62(65,66)67)60(51)76-58-28-21-44(49-27-25-48(31-39(49)3)63(68,69)70)32-53(58)54-33-45(22-29-59(54)76)50-26-16-38(2)30-55(50)64(71,72)73/h4-36H,1-3H3. The van der Waals surface area contributed by atoms with Gasteiger partial charge in [0.15, 0.2) is 5.82 Å². The average molecular weight is 1020 g/mol. The molecule has 0 aliphatic rings. The normalized spacial score (nSPS) is 12.2. The van der Waals surface area contributed by atoms with E-state index >= 15 is 0 Å². The number of fused-ring (bicyclic) bond motifs is 3. The third-order valence-electron chi connectivity index (χ3n) is 13.8. The molecule has 0 atom stereocenters. The molecular weight excluding hydrogens is 982 g/mol. The molecule has 2 aromatic heterocycles. The summed E-state index contributed by atoms with van der Waals surface area (Å²) >= 11 is 0. The van der Waals surface area contributed by atoms with Gasteiger partial charge >= 0.3 is 18.5 Å². The van der Waals surface area contributed by atoms with Crippen LogP contribution in [0.2, 0.25) is 0 Å². The van der Waals surface area contributed by atoms with Crippen LogP contribution in [0.5, 0.6) is 0 Å². The van der Waals surface area contributed by atoms with Crippen LogP contribution in [-0.2, 0) is 18.5 Å². The Morgan fingerprint density at radius 1 is 0.342 bits per heavy atom. The van der Waals surface area contributed by atoms with Gasteiger partial charge in [0.2, 0.25) is 0 Å². The minimum atomic E-state index is -4.70. The largest absolute Gasteiger partial charge is 0.417 e. The highest BCUT2D eigenvalue weighted by molar-refractivity contribution is 6.13. The van der Waals surface area contributed by atoms with Crippen LogP contribution >= 0.6 is 0 Å². The van der Waals surface area contributed by atoms with Gasteiger partial charge < -0.3 is 4.57 Å². The quantitative estimate of drug-likeness (QED) is 0.142. The molecule has 76 heavy (non-hydrogen) atoms. The molecule has 0 radical (unpaired) electrons. The van der Waals surface area contributed by atoms with Crippen molar-refractivity contribution in [3.05, 3.63) is 234 Å². The molecule has 0 aliphatic heterocycles. The molecule has 0 aliphatic carbocycles. The molecule has 12 heteroatoms. The second-order valence-electron chi connectivity index (χ2n) is 18.9. The van der Waals surface area contributed by atoms with E-state index in [4.69, 9.17) is 9.97 Å². The topological polar surface area (TPSA) is 30.7 Å². The van der Waals surface area contributed by atoms with Crippen LogP contribution in [0.25, 0.3) is 106 Å². The lowest BCUT2D eigenvalue weighted by Crippen LogP contribution is -2.07. The number of alkyl halides is 9. The van der Waals surface area contributed by atoms with E-state index in [2.05, 4.69) is 0 Å². The van der Waals surface area contributed by atoms with E-state index in [9.17, 15) is 39.5 Å². The Bertz CT molecular complexity index is 3950. The Labute approximate surface area is 431 Å². The minimum Gasteiger partial charge on any atom is -0.308 e. The van der Waals surface area contributed by atoms with Crippen molar-refractivity contribution < 1.29 is 39.5 Å². The monoisotopic (exact) mass is 1020 g/mol. The van der Waals surface area contributed by atoms with Gasteiger partial charge in [-0.2, -0.15) is 39.5 Å². The molecule has 0 N–H and O–H groups in total. The van der Waals surface area contributed by atoms with Gasteiger partial charge in [0, 0.05) is 38.6 Å². The molecule has 11 rings (SSSR count). The third-order valence-corrected chi connectivity index (χ3v) is 13.8. The first-order chi connectivity index (χ1) is 36.3. The summed E-state index contributed by atoms with van der Waals surface area (Å²) in [6.45, 7) is 5.12. The van der Waals surface area contributed by atoms with E-state index in [1.165, 1.54) is 24.3 Å². The van der Waals surface area contributed by atoms with Gasteiger partial charge in [-0.3, -0.25) is 0 Å². The fourth-order valence-corrected chi connectivity index (χ4v) is 10.0. The zero-order chi connectivity index (χ0) is 53.3. The lowest BCUT2D eigenvalue weighted by atomic mass is 9.91. The molecule has 0 fully saturated rings. The molecule has 3 nitrogen and oxygen atoms in total. The zero-order valence-electron chi connectivity index (χ0n) is 40.8. The lowest BCUT2D eigenvalue weighted by Gasteiger charge is -2.22. The Morgan fingerprint density at radius 2 is 0.816 bits per heavy atom. The number of hydrogen-bond acceptors (Lipinski definition) is 2. The highest BCUT2D eigenvalue weighted by atomic mass is 19.4. The van der Waals surface area contributed by atoms with Crippen LogP contribution in [0.15, 0.2) is 200 Å². The number of benzene rings is 9. The van der Waals surface area contributed by atoms with Crippen molar-refractivity contribution in [1.82, 2.24) is 14.5 Å². The molecule has 0 spiro atoms. The van der Waals surface area contributed by atoms with Crippen molar-refractivity contribution in [1.29, 1.82) is 0 Å². The fourth-order valence-electron chi connectivity index (χ4n) is 10.0. The fraction of sp³-hybridized carbons (Fsp3) is 0.0938. The number of aromatic nitrogens is 3. The summed E-state index contributed by atoms with van der Waals surface area (Å²) < 4.78 is 131. The molecule has 376 valence electrons. The van der Waals surface area contributed by atoms with Gasteiger partial charge in [0.1, 0.15) is 0 Å². The minimum absolute atomic E-state index is 0.0552. The summed E-state index contributed by atoms with van der Waals surface area (Å²) in [5.41, 5.74) is 7.75. The van der Waals surface area contributed by atoms with Crippen LogP contribution in [0.1, 0.15) is 33.4 Å². The predicted molar refractivity (Wildman–Crippen MR) is 284 cm³/mol. The summed E-state index contributed by atoms with van der Waals surface area (Å²) in [7, 11) is 0. The number of hydrogen-bond donors (Lipinski definition) is 0. The Hall–Kier alpha value is -8.77. The molecule has 9 aromatic carbocycles. The Morgan fingerprint density at radius 3 is 1.36 bits per heavy atom.